The summed E-state index contributed by atoms with van der Waals surface area (Å²) in [6.07, 6.45) is 1.88. The van der Waals surface area contributed by atoms with Crippen molar-refractivity contribution in [3.63, 3.8) is 0 Å². The van der Waals surface area contributed by atoms with E-state index in [1.165, 1.54) is 0 Å². The number of nitrogens with zero attached hydrogens (tertiary/aromatic N) is 1. The molecule has 0 amide bonds. The molecule has 1 aromatic carbocycles. The van der Waals surface area contributed by atoms with E-state index in [0.717, 1.165) is 15.8 Å². The normalized spacial score (nSPS) is 10.2. The van der Waals surface area contributed by atoms with Crippen LogP contribution < -0.4 is 4.90 Å². The van der Waals surface area contributed by atoms with Gasteiger partial charge in [-0.2, -0.15) is 0 Å². The maximum absolute atomic E-state index is 5.44. The van der Waals surface area contributed by atoms with E-state index in [9.17, 15) is 0 Å². The van der Waals surface area contributed by atoms with Gasteiger partial charge in [-0.05, 0) is 26.0 Å². The molecule has 1 nitrogen and oxygen atoms in total. The highest BCUT2D eigenvalue weighted by Gasteiger charge is 2.14. The van der Waals surface area contributed by atoms with Gasteiger partial charge in [-0.25, -0.2) is 0 Å². The molecule has 0 heterocycles. The van der Waals surface area contributed by atoms with E-state index in [0.29, 0.717) is 6.04 Å². The summed E-state index contributed by atoms with van der Waals surface area (Å²) in [7, 11) is 0. The first-order chi connectivity index (χ1) is 7.66. The third-order valence-corrected chi connectivity index (χ3v) is 3.47. The summed E-state index contributed by atoms with van der Waals surface area (Å²) in [4.78, 5) is 2.17. The van der Waals surface area contributed by atoms with Crippen molar-refractivity contribution in [1.29, 1.82) is 0 Å². The molecule has 0 aliphatic carbocycles. The van der Waals surface area contributed by atoms with Crippen molar-refractivity contribution in [2.75, 3.05) is 10.7 Å². The number of hydrogen-bond acceptors (Lipinski definition) is 2. The van der Waals surface area contributed by atoms with Crippen LogP contribution in [-0.2, 0) is 0 Å². The zero-order valence-corrected chi connectivity index (χ0v) is 11.4. The Bertz CT molecular complexity index is 346. The maximum atomic E-state index is 5.44. The van der Waals surface area contributed by atoms with Gasteiger partial charge in [-0.3, -0.25) is 0 Å². The Morgan fingerprint density at radius 3 is 2.56 bits per heavy atom. The predicted molar refractivity (Wildman–Crippen MR) is 79.3 cm³/mol. The minimum absolute atomic E-state index is 0.368. The quantitative estimate of drug-likeness (QED) is 0.586. The summed E-state index contributed by atoms with van der Waals surface area (Å²) in [6.45, 7) is 8.00. The topological polar surface area (TPSA) is 3.24 Å². The first kappa shape index (κ1) is 13.3. The Kier molecular flexibility index (Phi) is 5.56. The highest BCUT2D eigenvalue weighted by atomic mass is 32.2. The molecule has 1 rings (SSSR count). The van der Waals surface area contributed by atoms with Crippen LogP contribution in [0.5, 0.6) is 0 Å². The first-order valence-electron chi connectivity index (χ1n) is 5.28. The van der Waals surface area contributed by atoms with Gasteiger partial charge in [0.05, 0.1) is 0 Å². The lowest BCUT2D eigenvalue weighted by Crippen LogP contribution is -2.34. The molecule has 0 atom stereocenters. The molecule has 0 aromatic heterocycles. The van der Waals surface area contributed by atoms with Gasteiger partial charge in [-0.15, -0.1) is 6.58 Å². The van der Waals surface area contributed by atoms with Crippen LogP contribution in [-0.4, -0.2) is 16.1 Å². The molecule has 0 radical (unpaired) electrons. The van der Waals surface area contributed by atoms with Gasteiger partial charge in [0.25, 0.3) is 0 Å². The van der Waals surface area contributed by atoms with E-state index < -0.39 is 0 Å². The zero-order chi connectivity index (χ0) is 12.0. The van der Waals surface area contributed by atoms with Crippen LogP contribution >= 0.6 is 24.0 Å². The molecule has 0 aliphatic heterocycles. The molecule has 1 aromatic rings. The van der Waals surface area contributed by atoms with Gasteiger partial charge >= 0.3 is 0 Å². The lowest BCUT2D eigenvalue weighted by atomic mass is 10.2. The van der Waals surface area contributed by atoms with E-state index in [1.54, 1.807) is 11.8 Å². The second kappa shape index (κ2) is 6.71. The molecule has 0 aliphatic rings. The van der Waals surface area contributed by atoms with Crippen LogP contribution in [0.2, 0.25) is 0 Å². The third kappa shape index (κ3) is 3.65. The van der Waals surface area contributed by atoms with Crippen LogP contribution in [0.15, 0.2) is 43.0 Å². The average Bonchev–Trinajstić information content (AvgIpc) is 2.27. The van der Waals surface area contributed by atoms with E-state index >= 15 is 0 Å². The van der Waals surface area contributed by atoms with E-state index in [2.05, 4.69) is 37.5 Å². The van der Waals surface area contributed by atoms with Crippen molar-refractivity contribution in [3.05, 3.63) is 43.0 Å². The molecule has 16 heavy (non-hydrogen) atoms. The fourth-order valence-electron chi connectivity index (χ4n) is 1.40. The van der Waals surface area contributed by atoms with Crippen molar-refractivity contribution in [2.45, 2.75) is 19.9 Å². The Hall–Kier alpha value is -0.800. The highest BCUT2D eigenvalue weighted by molar-refractivity contribution is 8.23. The van der Waals surface area contributed by atoms with Crippen molar-refractivity contribution < 1.29 is 0 Å². The molecule has 0 bridgehead atoms. The van der Waals surface area contributed by atoms with E-state index in [1.807, 2.05) is 24.3 Å². The molecule has 0 spiro atoms. The van der Waals surface area contributed by atoms with Crippen LogP contribution in [0.25, 0.3) is 0 Å². The summed E-state index contributed by atoms with van der Waals surface area (Å²) < 4.78 is 0.904. The van der Waals surface area contributed by atoms with Crippen molar-refractivity contribution >= 4 is 34.0 Å². The van der Waals surface area contributed by atoms with Gasteiger partial charge in [0.15, 0.2) is 0 Å². The maximum Gasteiger partial charge on any atom is 0.141 e. The first-order valence-corrected chi connectivity index (χ1v) is 6.68. The average molecular weight is 251 g/mol. The molecule has 0 N–H and O–H groups in total. The molecular weight excluding hydrogens is 234 g/mol. The minimum atomic E-state index is 0.368. The van der Waals surface area contributed by atoms with Crippen molar-refractivity contribution in [3.8, 4) is 0 Å². The summed E-state index contributed by atoms with van der Waals surface area (Å²) in [5.74, 6) is 0.856. The summed E-state index contributed by atoms with van der Waals surface area (Å²) in [5.41, 5.74) is 1.15. The highest BCUT2D eigenvalue weighted by Crippen LogP contribution is 2.22. The zero-order valence-electron chi connectivity index (χ0n) is 9.72. The van der Waals surface area contributed by atoms with Crippen molar-refractivity contribution in [1.82, 2.24) is 0 Å². The van der Waals surface area contributed by atoms with Gasteiger partial charge in [0.2, 0.25) is 0 Å². The molecule has 0 saturated heterocycles. The number of hydrogen-bond donors (Lipinski definition) is 0. The second-order valence-electron chi connectivity index (χ2n) is 3.66. The Morgan fingerprint density at radius 2 is 2.06 bits per heavy atom. The Balaban J connectivity index is 2.83. The molecular formula is C13H17NS2. The largest absolute Gasteiger partial charge is 0.325 e. The molecule has 0 saturated carbocycles. The van der Waals surface area contributed by atoms with Gasteiger partial charge < -0.3 is 4.90 Å². The van der Waals surface area contributed by atoms with Gasteiger partial charge in [-0.1, -0.05) is 48.3 Å². The predicted octanol–water partition coefficient (Wildman–Crippen LogP) is 4.11. The molecule has 86 valence electrons. The number of rotatable bonds is 4. The fraction of sp³-hybridized carbons (Fsp3) is 0.308. The monoisotopic (exact) mass is 251 g/mol. The Labute approximate surface area is 108 Å². The van der Waals surface area contributed by atoms with Gasteiger partial charge in [0, 0.05) is 17.5 Å². The van der Waals surface area contributed by atoms with Crippen LogP contribution in [0.1, 0.15) is 13.8 Å². The second-order valence-corrected chi connectivity index (χ2v) is 5.32. The lowest BCUT2D eigenvalue weighted by molar-refractivity contribution is 0.817. The number of thiocarbonyl (C=S) groups is 1. The standard InChI is InChI=1S/C13H17NS2/c1-4-10-16-13(15)14(11(2)3)12-8-6-5-7-9-12/h4-9,11H,1,10H2,2-3H3. The number of anilines is 1. The van der Waals surface area contributed by atoms with Crippen molar-refractivity contribution in [2.24, 2.45) is 0 Å². The van der Waals surface area contributed by atoms with Gasteiger partial charge in [0.1, 0.15) is 4.32 Å². The lowest BCUT2D eigenvalue weighted by Gasteiger charge is -2.28. The number of benzene rings is 1. The summed E-state index contributed by atoms with van der Waals surface area (Å²) >= 11 is 7.09. The summed E-state index contributed by atoms with van der Waals surface area (Å²) in [6, 6.07) is 10.6. The molecule has 3 heteroatoms. The molecule has 0 fully saturated rings. The SMILES string of the molecule is C=CCSC(=S)N(c1ccccc1)C(C)C. The van der Waals surface area contributed by atoms with Crippen LogP contribution in [0.3, 0.4) is 0 Å². The van der Waals surface area contributed by atoms with E-state index in [-0.39, 0.29) is 0 Å². The van der Waals surface area contributed by atoms with Crippen LogP contribution in [0.4, 0.5) is 5.69 Å². The minimum Gasteiger partial charge on any atom is -0.325 e. The third-order valence-electron chi connectivity index (χ3n) is 2.07. The summed E-state index contributed by atoms with van der Waals surface area (Å²) in [5, 5.41) is 0. The smallest absolute Gasteiger partial charge is 0.141 e. The Morgan fingerprint density at radius 1 is 1.44 bits per heavy atom. The number of para-hydroxylation sites is 1. The number of thioether (sulfide) groups is 1. The van der Waals surface area contributed by atoms with Crippen LogP contribution in [0, 0.1) is 0 Å². The molecule has 0 unspecified atom stereocenters. The van der Waals surface area contributed by atoms with E-state index in [4.69, 9.17) is 12.2 Å². The fourth-order valence-corrected chi connectivity index (χ4v) is 2.64.